The van der Waals surface area contributed by atoms with Crippen molar-refractivity contribution in [3.05, 3.63) is 35.4 Å². The summed E-state index contributed by atoms with van der Waals surface area (Å²) in [7, 11) is 2.04. The number of carboxylic acids is 1. The predicted molar refractivity (Wildman–Crippen MR) is 90.4 cm³/mol. The topological polar surface area (TPSA) is 47.0 Å². The molecular formula is C18H27N3O2. The van der Waals surface area contributed by atoms with Crippen LogP contribution in [0.1, 0.15) is 11.1 Å². The normalized spacial score (nSPS) is 27.4. The van der Waals surface area contributed by atoms with E-state index in [1.807, 2.05) is 7.05 Å². The molecule has 2 atom stereocenters. The zero-order chi connectivity index (χ0) is 16.4. The molecule has 0 saturated carbocycles. The van der Waals surface area contributed by atoms with Gasteiger partial charge in [-0.2, -0.15) is 0 Å². The highest BCUT2D eigenvalue weighted by Gasteiger charge is 2.35. The van der Waals surface area contributed by atoms with Crippen LogP contribution in [0.25, 0.3) is 0 Å². The number of rotatable bonds is 3. The summed E-state index contributed by atoms with van der Waals surface area (Å²) in [5.41, 5.74) is 2.65. The molecular weight excluding hydrogens is 290 g/mol. The Kier molecular flexibility index (Phi) is 4.99. The molecule has 2 fully saturated rings. The number of hydrogen-bond donors (Lipinski definition) is 1. The number of piperazine rings is 1. The van der Waals surface area contributed by atoms with E-state index in [9.17, 15) is 9.90 Å². The molecule has 0 aliphatic carbocycles. The van der Waals surface area contributed by atoms with Crippen LogP contribution >= 0.6 is 0 Å². The number of hydrogen-bond acceptors (Lipinski definition) is 4. The number of carbonyl (C=O) groups is 1. The molecule has 23 heavy (non-hydrogen) atoms. The third kappa shape index (κ3) is 4.10. The molecule has 5 nitrogen and oxygen atoms in total. The van der Waals surface area contributed by atoms with Crippen LogP contribution in [0.3, 0.4) is 0 Å². The molecule has 0 radical (unpaired) electrons. The Morgan fingerprint density at radius 1 is 1.13 bits per heavy atom. The fourth-order valence-corrected chi connectivity index (χ4v) is 3.77. The van der Waals surface area contributed by atoms with Gasteiger partial charge in [-0.05, 0) is 19.5 Å². The smallest absolute Gasteiger partial charge is 0.309 e. The number of aliphatic carboxylic acids is 1. The van der Waals surface area contributed by atoms with Crippen LogP contribution in [0.15, 0.2) is 24.3 Å². The van der Waals surface area contributed by atoms with E-state index in [4.69, 9.17) is 0 Å². The van der Waals surface area contributed by atoms with Crippen molar-refractivity contribution in [2.45, 2.75) is 19.5 Å². The molecule has 0 unspecified atom stereocenters. The maximum Gasteiger partial charge on any atom is 0.309 e. The first-order chi connectivity index (χ1) is 11.0. The van der Waals surface area contributed by atoms with Crippen LogP contribution in [0, 0.1) is 12.8 Å². The van der Waals surface area contributed by atoms with Crippen molar-refractivity contribution in [3.8, 4) is 0 Å². The summed E-state index contributed by atoms with van der Waals surface area (Å²) in [4.78, 5) is 18.5. The van der Waals surface area contributed by atoms with Crippen LogP contribution in [-0.4, -0.2) is 78.1 Å². The summed E-state index contributed by atoms with van der Waals surface area (Å²) >= 11 is 0. The summed E-state index contributed by atoms with van der Waals surface area (Å²) in [6.07, 6.45) is 0. The highest BCUT2D eigenvalue weighted by Crippen LogP contribution is 2.19. The monoisotopic (exact) mass is 317 g/mol. The number of carboxylic acid groups (broad SMARTS) is 1. The Balaban J connectivity index is 1.63. The van der Waals surface area contributed by atoms with Crippen molar-refractivity contribution in [2.24, 2.45) is 5.92 Å². The number of likely N-dealkylation sites (N-methyl/N-ethyl adjacent to an activating group) is 1. The van der Waals surface area contributed by atoms with Crippen molar-refractivity contribution in [2.75, 3.05) is 46.3 Å². The third-order valence-corrected chi connectivity index (χ3v) is 5.07. The average Bonchev–Trinajstić information content (AvgIpc) is 2.67. The van der Waals surface area contributed by atoms with E-state index in [2.05, 4.69) is 45.9 Å². The lowest BCUT2D eigenvalue weighted by atomic mass is 10.1. The first-order valence-electron chi connectivity index (χ1n) is 8.44. The van der Waals surface area contributed by atoms with E-state index in [0.29, 0.717) is 19.1 Å². The van der Waals surface area contributed by atoms with Crippen molar-refractivity contribution in [1.82, 2.24) is 14.7 Å². The van der Waals surface area contributed by atoms with Gasteiger partial charge in [0.15, 0.2) is 0 Å². The second kappa shape index (κ2) is 6.99. The molecule has 5 heteroatoms. The van der Waals surface area contributed by atoms with E-state index in [0.717, 1.165) is 32.7 Å². The standard InChI is InChI=1S/C18H27N3O2/c1-14-3-5-15(6-4-14)9-20-7-8-21-11-16(18(22)23)10-19(2)12-17(21)13-20/h3-6,16-17H,7-13H2,1-2H3,(H,22,23)/t16-,17+/m0/s1. The Hall–Kier alpha value is -1.43. The van der Waals surface area contributed by atoms with Crippen molar-refractivity contribution in [3.63, 3.8) is 0 Å². The maximum absolute atomic E-state index is 11.4. The molecule has 2 saturated heterocycles. The molecule has 0 aromatic heterocycles. The Bertz CT molecular complexity index is 546. The Morgan fingerprint density at radius 3 is 2.57 bits per heavy atom. The fourth-order valence-electron chi connectivity index (χ4n) is 3.77. The van der Waals surface area contributed by atoms with Gasteiger partial charge in [0.2, 0.25) is 0 Å². The molecule has 1 aromatic carbocycles. The van der Waals surface area contributed by atoms with Gasteiger partial charge >= 0.3 is 5.97 Å². The van der Waals surface area contributed by atoms with E-state index >= 15 is 0 Å². The lowest BCUT2D eigenvalue weighted by Crippen LogP contribution is -2.55. The van der Waals surface area contributed by atoms with E-state index in [-0.39, 0.29) is 5.92 Å². The molecule has 126 valence electrons. The highest BCUT2D eigenvalue weighted by molar-refractivity contribution is 5.70. The second-order valence-electron chi connectivity index (χ2n) is 7.13. The van der Waals surface area contributed by atoms with Crippen LogP contribution in [0.4, 0.5) is 0 Å². The van der Waals surface area contributed by atoms with Gasteiger partial charge < -0.3 is 10.0 Å². The zero-order valence-electron chi connectivity index (χ0n) is 14.1. The largest absolute Gasteiger partial charge is 0.481 e. The minimum atomic E-state index is -0.667. The summed E-state index contributed by atoms with van der Waals surface area (Å²) in [5.74, 6) is -0.937. The lowest BCUT2D eigenvalue weighted by Gasteiger charge is -2.41. The maximum atomic E-state index is 11.4. The SMILES string of the molecule is Cc1ccc(CN2CCN3C[C@@H](C(=O)O)CN(C)C[C@@H]3C2)cc1. The molecule has 0 bridgehead atoms. The molecule has 0 spiro atoms. The van der Waals surface area contributed by atoms with Gasteiger partial charge in [0, 0.05) is 51.9 Å². The number of benzene rings is 1. The molecule has 0 amide bonds. The first-order valence-corrected chi connectivity index (χ1v) is 8.44. The van der Waals surface area contributed by atoms with Gasteiger partial charge in [0.05, 0.1) is 5.92 Å². The molecule has 3 rings (SSSR count). The molecule has 2 aliphatic rings. The fraction of sp³-hybridized carbons (Fsp3) is 0.611. The van der Waals surface area contributed by atoms with Crippen LogP contribution < -0.4 is 0 Å². The molecule has 2 aliphatic heterocycles. The van der Waals surface area contributed by atoms with Crippen molar-refractivity contribution < 1.29 is 9.90 Å². The zero-order valence-corrected chi connectivity index (χ0v) is 14.1. The van der Waals surface area contributed by atoms with E-state index in [1.54, 1.807) is 0 Å². The highest BCUT2D eigenvalue weighted by atomic mass is 16.4. The van der Waals surface area contributed by atoms with Gasteiger partial charge in [0.25, 0.3) is 0 Å². The Morgan fingerprint density at radius 2 is 1.87 bits per heavy atom. The number of aryl methyl sites for hydroxylation is 1. The summed E-state index contributed by atoms with van der Waals surface area (Å²) in [6, 6.07) is 9.19. The molecule has 1 N–H and O–H groups in total. The minimum absolute atomic E-state index is 0.270. The van der Waals surface area contributed by atoms with E-state index in [1.165, 1.54) is 11.1 Å². The van der Waals surface area contributed by atoms with Gasteiger partial charge in [-0.15, -0.1) is 0 Å². The van der Waals surface area contributed by atoms with Crippen LogP contribution in [0.2, 0.25) is 0 Å². The third-order valence-electron chi connectivity index (χ3n) is 5.07. The van der Waals surface area contributed by atoms with Gasteiger partial charge in [-0.1, -0.05) is 29.8 Å². The van der Waals surface area contributed by atoms with Crippen LogP contribution in [-0.2, 0) is 11.3 Å². The van der Waals surface area contributed by atoms with Crippen molar-refractivity contribution in [1.29, 1.82) is 0 Å². The molecule has 1 aromatic rings. The van der Waals surface area contributed by atoms with Gasteiger partial charge in [0.1, 0.15) is 0 Å². The average molecular weight is 317 g/mol. The number of fused-ring (bicyclic) bond motifs is 1. The minimum Gasteiger partial charge on any atom is -0.481 e. The van der Waals surface area contributed by atoms with Crippen LogP contribution in [0.5, 0.6) is 0 Å². The number of nitrogens with zero attached hydrogens (tertiary/aromatic N) is 3. The molecule has 2 heterocycles. The van der Waals surface area contributed by atoms with Gasteiger partial charge in [-0.25, -0.2) is 0 Å². The lowest BCUT2D eigenvalue weighted by molar-refractivity contribution is -0.142. The summed E-state index contributed by atoms with van der Waals surface area (Å²) in [5, 5.41) is 9.38. The summed E-state index contributed by atoms with van der Waals surface area (Å²) < 4.78 is 0. The Labute approximate surface area is 138 Å². The summed E-state index contributed by atoms with van der Waals surface area (Å²) in [6.45, 7) is 8.38. The van der Waals surface area contributed by atoms with Crippen molar-refractivity contribution >= 4 is 5.97 Å². The predicted octanol–water partition coefficient (Wildman–Crippen LogP) is 1.13. The van der Waals surface area contributed by atoms with Gasteiger partial charge in [-0.3, -0.25) is 14.6 Å². The second-order valence-corrected chi connectivity index (χ2v) is 7.13. The van der Waals surface area contributed by atoms with E-state index < -0.39 is 5.97 Å². The first kappa shape index (κ1) is 16.4. The quantitative estimate of drug-likeness (QED) is 0.905.